The normalized spacial score (nSPS) is 19.1. The van der Waals surface area contributed by atoms with Crippen LogP contribution in [0.1, 0.15) is 23.2 Å². The second-order valence-electron chi connectivity index (χ2n) is 4.86. The third-order valence-electron chi connectivity index (χ3n) is 3.35. The van der Waals surface area contributed by atoms with Crippen molar-refractivity contribution in [1.29, 1.82) is 0 Å². The third-order valence-corrected chi connectivity index (χ3v) is 4.46. The Hall–Kier alpha value is -1.89. The molecule has 1 aliphatic heterocycles. The van der Waals surface area contributed by atoms with Crippen LogP contribution in [-0.2, 0) is 14.6 Å². The molecular formula is C13H16N2O4S. The molecule has 20 heavy (non-hydrogen) atoms. The zero-order chi connectivity index (χ0) is 14.9. The number of primary amides is 1. The number of benzene rings is 1. The van der Waals surface area contributed by atoms with E-state index in [4.69, 9.17) is 5.73 Å². The number of sulfone groups is 1. The number of hydrogen-bond acceptors (Lipinski definition) is 4. The molecule has 1 fully saturated rings. The van der Waals surface area contributed by atoms with Crippen LogP contribution in [0.2, 0.25) is 0 Å². The lowest BCUT2D eigenvalue weighted by Gasteiger charge is -2.22. The Bertz CT molecular complexity index is 654. The molecule has 6 nitrogen and oxygen atoms in total. The van der Waals surface area contributed by atoms with Crippen LogP contribution in [0.3, 0.4) is 0 Å². The molecule has 108 valence electrons. The molecule has 1 aromatic rings. The zero-order valence-electron chi connectivity index (χ0n) is 11.1. The molecule has 0 bridgehead atoms. The molecule has 2 N–H and O–H groups in total. The highest BCUT2D eigenvalue weighted by atomic mass is 32.2. The van der Waals surface area contributed by atoms with Crippen LogP contribution in [0.15, 0.2) is 29.2 Å². The molecule has 0 radical (unpaired) electrons. The van der Waals surface area contributed by atoms with Gasteiger partial charge in [-0.1, -0.05) is 6.07 Å². The Kier molecular flexibility index (Phi) is 3.80. The molecule has 0 aromatic heterocycles. The molecule has 0 aliphatic carbocycles. The van der Waals surface area contributed by atoms with Crippen LogP contribution in [0.4, 0.5) is 0 Å². The maximum atomic E-state index is 12.4. The summed E-state index contributed by atoms with van der Waals surface area (Å²) in [5, 5.41) is 0. The summed E-state index contributed by atoms with van der Waals surface area (Å²) in [5.74, 6) is -0.896. The molecule has 7 heteroatoms. The number of nitrogens with two attached hydrogens (primary N) is 1. The highest BCUT2D eigenvalue weighted by Crippen LogP contribution is 2.21. The maximum Gasteiger partial charge on any atom is 0.254 e. The summed E-state index contributed by atoms with van der Waals surface area (Å²) < 4.78 is 23.0. The first kappa shape index (κ1) is 14.5. The van der Waals surface area contributed by atoms with Crippen molar-refractivity contribution in [2.75, 3.05) is 12.8 Å². The number of nitrogens with zero attached hydrogens (tertiary/aromatic N) is 1. The average molecular weight is 296 g/mol. The van der Waals surface area contributed by atoms with Crippen molar-refractivity contribution >= 4 is 21.7 Å². The predicted octanol–water partition coefficient (Wildman–Crippen LogP) is 0.180. The van der Waals surface area contributed by atoms with Gasteiger partial charge >= 0.3 is 0 Å². The molecule has 1 saturated heterocycles. The lowest BCUT2D eigenvalue weighted by molar-refractivity contribution is -0.121. The summed E-state index contributed by atoms with van der Waals surface area (Å²) in [6.45, 7) is 0.454. The second-order valence-corrected chi connectivity index (χ2v) is 6.87. The van der Waals surface area contributed by atoms with Crippen LogP contribution in [-0.4, -0.2) is 44.0 Å². The van der Waals surface area contributed by atoms with Crippen LogP contribution in [0, 0.1) is 0 Å². The van der Waals surface area contributed by atoms with Crippen molar-refractivity contribution in [3.8, 4) is 0 Å². The first-order valence-corrected chi connectivity index (χ1v) is 8.10. The van der Waals surface area contributed by atoms with E-state index in [1.165, 1.54) is 29.2 Å². The van der Waals surface area contributed by atoms with Crippen LogP contribution in [0.25, 0.3) is 0 Å². The molecule has 0 spiro atoms. The number of amides is 2. The van der Waals surface area contributed by atoms with Gasteiger partial charge in [0, 0.05) is 18.4 Å². The molecule has 2 amide bonds. The maximum absolute atomic E-state index is 12.4. The molecule has 1 atom stereocenters. The molecule has 1 aromatic carbocycles. The van der Waals surface area contributed by atoms with E-state index < -0.39 is 21.8 Å². The summed E-state index contributed by atoms with van der Waals surface area (Å²) in [5.41, 5.74) is 5.53. The smallest absolute Gasteiger partial charge is 0.254 e. The van der Waals surface area contributed by atoms with Crippen LogP contribution >= 0.6 is 0 Å². The monoisotopic (exact) mass is 296 g/mol. The highest BCUT2D eigenvalue weighted by molar-refractivity contribution is 7.90. The fourth-order valence-corrected chi connectivity index (χ4v) is 3.00. The van der Waals surface area contributed by atoms with E-state index in [9.17, 15) is 18.0 Å². The van der Waals surface area contributed by atoms with Gasteiger partial charge in [0.25, 0.3) is 5.91 Å². The minimum Gasteiger partial charge on any atom is -0.368 e. The van der Waals surface area contributed by atoms with Gasteiger partial charge in [-0.25, -0.2) is 8.42 Å². The Labute approximate surface area is 117 Å². The summed E-state index contributed by atoms with van der Waals surface area (Å²) in [6.07, 6.45) is 2.34. The van der Waals surface area contributed by atoms with Crippen molar-refractivity contribution in [3.05, 3.63) is 29.8 Å². The van der Waals surface area contributed by atoms with Gasteiger partial charge in [0.2, 0.25) is 5.91 Å². The minimum atomic E-state index is -3.37. The Morgan fingerprint density at radius 3 is 2.65 bits per heavy atom. The number of likely N-dealkylation sites (tertiary alicyclic amines) is 1. The van der Waals surface area contributed by atoms with Gasteiger partial charge in [-0.15, -0.1) is 0 Å². The average Bonchev–Trinajstić information content (AvgIpc) is 2.86. The largest absolute Gasteiger partial charge is 0.368 e. The standard InChI is InChI=1S/C13H16N2O4S/c1-20(18,19)10-5-2-4-9(8-10)13(17)15-7-3-6-11(15)12(14)16/h2,4-5,8,11H,3,6-7H2,1H3,(H2,14,16)/t11-/m1/s1. The van der Waals surface area contributed by atoms with Gasteiger partial charge in [-0.2, -0.15) is 0 Å². The predicted molar refractivity (Wildman–Crippen MR) is 72.8 cm³/mol. The van der Waals surface area contributed by atoms with Gasteiger partial charge < -0.3 is 10.6 Å². The molecule has 0 saturated carbocycles. The lowest BCUT2D eigenvalue weighted by Crippen LogP contribution is -2.43. The van der Waals surface area contributed by atoms with E-state index in [0.717, 1.165) is 6.26 Å². The molecule has 1 heterocycles. The topological polar surface area (TPSA) is 97.5 Å². The molecular weight excluding hydrogens is 280 g/mol. The SMILES string of the molecule is CS(=O)(=O)c1cccc(C(=O)N2CCC[C@@H]2C(N)=O)c1. The highest BCUT2D eigenvalue weighted by Gasteiger charge is 2.33. The fraction of sp³-hybridized carbons (Fsp3) is 0.385. The van der Waals surface area contributed by atoms with Gasteiger partial charge in [-0.3, -0.25) is 9.59 Å². The number of carbonyl (C=O) groups excluding carboxylic acids is 2. The minimum absolute atomic E-state index is 0.0816. The first-order chi connectivity index (χ1) is 9.30. The fourth-order valence-electron chi connectivity index (χ4n) is 2.33. The van der Waals surface area contributed by atoms with Crippen molar-refractivity contribution in [2.45, 2.75) is 23.8 Å². The van der Waals surface area contributed by atoms with Crippen molar-refractivity contribution in [2.24, 2.45) is 5.73 Å². The summed E-state index contributed by atoms with van der Waals surface area (Å²) in [7, 11) is -3.37. The van der Waals surface area contributed by atoms with E-state index in [0.29, 0.717) is 19.4 Å². The number of carbonyl (C=O) groups is 2. The second kappa shape index (κ2) is 5.24. The third kappa shape index (κ3) is 2.82. The van der Waals surface area contributed by atoms with Crippen LogP contribution in [0.5, 0.6) is 0 Å². The van der Waals surface area contributed by atoms with Gasteiger partial charge in [0.05, 0.1) is 4.90 Å². The molecule has 2 rings (SSSR count). The van der Waals surface area contributed by atoms with E-state index in [1.54, 1.807) is 0 Å². The summed E-state index contributed by atoms with van der Waals surface area (Å²) in [6, 6.07) is 5.20. The van der Waals surface area contributed by atoms with E-state index in [2.05, 4.69) is 0 Å². The van der Waals surface area contributed by atoms with Gasteiger partial charge in [0.15, 0.2) is 9.84 Å². The Morgan fingerprint density at radius 1 is 1.35 bits per heavy atom. The molecule has 1 aliphatic rings. The van der Waals surface area contributed by atoms with Crippen molar-refractivity contribution < 1.29 is 18.0 Å². The Morgan fingerprint density at radius 2 is 2.05 bits per heavy atom. The van der Waals surface area contributed by atoms with E-state index >= 15 is 0 Å². The number of rotatable bonds is 3. The van der Waals surface area contributed by atoms with Gasteiger partial charge in [-0.05, 0) is 31.0 Å². The lowest BCUT2D eigenvalue weighted by atomic mass is 10.1. The quantitative estimate of drug-likeness (QED) is 0.860. The van der Waals surface area contributed by atoms with Crippen molar-refractivity contribution in [1.82, 2.24) is 4.90 Å². The zero-order valence-corrected chi connectivity index (χ0v) is 11.9. The summed E-state index contributed by atoms with van der Waals surface area (Å²) in [4.78, 5) is 25.2. The van der Waals surface area contributed by atoms with Gasteiger partial charge in [0.1, 0.15) is 6.04 Å². The first-order valence-electron chi connectivity index (χ1n) is 6.21. The van der Waals surface area contributed by atoms with Crippen LogP contribution < -0.4 is 5.73 Å². The van der Waals surface area contributed by atoms with Crippen molar-refractivity contribution in [3.63, 3.8) is 0 Å². The molecule has 0 unspecified atom stereocenters. The van der Waals surface area contributed by atoms with E-state index in [1.807, 2.05) is 0 Å². The van der Waals surface area contributed by atoms with E-state index in [-0.39, 0.29) is 16.4 Å². The summed E-state index contributed by atoms with van der Waals surface area (Å²) >= 11 is 0. The number of hydrogen-bond donors (Lipinski definition) is 1. The Balaban J connectivity index is 2.32.